The summed E-state index contributed by atoms with van der Waals surface area (Å²) in [6.45, 7) is 6.98. The molecule has 7 rings (SSSR count). The highest BCUT2D eigenvalue weighted by molar-refractivity contribution is 5.95. The third kappa shape index (κ3) is 7.34. The maximum atomic E-state index is 2.52. The van der Waals surface area contributed by atoms with Crippen LogP contribution in [0.4, 0.5) is 39.8 Å². The van der Waals surface area contributed by atoms with Gasteiger partial charge in [0.2, 0.25) is 0 Å². The molecule has 0 aliphatic heterocycles. The number of benzene rings is 5. The molecule has 0 saturated carbocycles. The number of hydrogen-bond acceptors (Lipinski definition) is 3. The summed E-state index contributed by atoms with van der Waals surface area (Å²) < 4.78 is 0. The van der Waals surface area contributed by atoms with Gasteiger partial charge in [-0.1, -0.05) is 130 Å². The minimum Gasteiger partial charge on any atom is -0.310 e. The van der Waals surface area contributed by atoms with Crippen molar-refractivity contribution in [3.63, 3.8) is 0 Å². The second kappa shape index (κ2) is 17.0. The molecule has 0 radical (unpaired) electrons. The molecule has 0 spiro atoms. The van der Waals surface area contributed by atoms with Crippen molar-refractivity contribution >= 4 is 39.8 Å². The molecule has 53 heavy (non-hydrogen) atoms. The van der Waals surface area contributed by atoms with Crippen LogP contribution in [0, 0.1) is 0 Å². The number of rotatable bonds is 12. The molecule has 0 bridgehead atoms. The molecule has 0 amide bonds. The molecule has 5 aromatic rings. The Bertz CT molecular complexity index is 2020. The average Bonchev–Trinajstić information content (AvgIpc) is 3.66. The minimum atomic E-state index is 0.841. The van der Waals surface area contributed by atoms with Crippen LogP contribution < -0.4 is 14.7 Å². The van der Waals surface area contributed by atoms with E-state index in [2.05, 4.69) is 218 Å². The molecular formula is C50H49N3. The molecule has 3 heteroatoms. The summed E-state index contributed by atoms with van der Waals surface area (Å²) in [4.78, 5) is 7.54. The van der Waals surface area contributed by atoms with Gasteiger partial charge in [-0.15, -0.1) is 0 Å². The predicted octanol–water partition coefficient (Wildman–Crippen LogP) is 13.9. The predicted molar refractivity (Wildman–Crippen MR) is 228 cm³/mol. The van der Waals surface area contributed by atoms with Gasteiger partial charge in [0.05, 0.1) is 17.1 Å². The van der Waals surface area contributed by atoms with Crippen molar-refractivity contribution in [2.45, 2.75) is 52.9 Å². The van der Waals surface area contributed by atoms with Crippen molar-refractivity contribution in [3.8, 4) is 0 Å². The highest BCUT2D eigenvalue weighted by Crippen LogP contribution is 2.53. The van der Waals surface area contributed by atoms with Crippen LogP contribution in [0.2, 0.25) is 0 Å². The Morgan fingerprint density at radius 2 is 0.679 bits per heavy atom. The van der Waals surface area contributed by atoms with Crippen LogP contribution in [0.25, 0.3) is 0 Å². The van der Waals surface area contributed by atoms with Crippen molar-refractivity contribution in [2.75, 3.05) is 14.7 Å². The van der Waals surface area contributed by atoms with Crippen molar-refractivity contribution < 1.29 is 0 Å². The summed E-state index contributed by atoms with van der Waals surface area (Å²) in [6, 6.07) is 43.6. The molecule has 264 valence electrons. The second-order valence-electron chi connectivity index (χ2n) is 13.2. The van der Waals surface area contributed by atoms with Crippen LogP contribution >= 0.6 is 0 Å². The van der Waals surface area contributed by atoms with Gasteiger partial charge >= 0.3 is 0 Å². The summed E-state index contributed by atoms with van der Waals surface area (Å²) in [7, 11) is 0. The SMILES string of the molecule is CCc1c(N(C2=CC=CCC=C2)c2ccccc2)c(CC)c(N(c2ccccc2)c2ccccc2)c(CC)c1N(C1=CC=CCC=C1)c1ccccc1. The molecule has 0 saturated heterocycles. The number of nitrogens with zero attached hydrogens (tertiary/aromatic N) is 3. The quantitative estimate of drug-likeness (QED) is 0.129. The normalized spacial score (nSPS) is 13.6. The largest absolute Gasteiger partial charge is 0.310 e. The molecule has 0 atom stereocenters. The van der Waals surface area contributed by atoms with E-state index in [1.54, 1.807) is 0 Å². The van der Waals surface area contributed by atoms with Crippen molar-refractivity contribution in [1.82, 2.24) is 0 Å². The van der Waals surface area contributed by atoms with Gasteiger partial charge in [-0.3, -0.25) is 0 Å². The molecule has 0 N–H and O–H groups in total. The minimum absolute atomic E-state index is 0.841. The molecule has 5 aromatic carbocycles. The zero-order valence-electron chi connectivity index (χ0n) is 31.2. The standard InChI is InChI=1S/C50H49N3/c1-4-45-48(51(41-31-19-11-20-32-41)39-27-15-7-8-16-28-39)46(5-2)50(53(43-35-23-13-24-36-43)44-37-25-14-26-38-44)47(6-3)49(45)52(42-33-21-12-22-34-42)40-29-17-9-10-18-30-40/h7,9,11-38H,4-6,8,10H2,1-3H3. The van der Waals surface area contributed by atoms with Gasteiger partial charge in [0, 0.05) is 50.8 Å². The molecule has 3 nitrogen and oxygen atoms in total. The summed E-state index contributed by atoms with van der Waals surface area (Å²) in [5.41, 5.74) is 14.5. The van der Waals surface area contributed by atoms with E-state index >= 15 is 0 Å². The Morgan fingerprint density at radius 1 is 0.377 bits per heavy atom. The third-order valence-corrected chi connectivity index (χ3v) is 9.95. The van der Waals surface area contributed by atoms with E-state index < -0.39 is 0 Å². The molecule has 2 aliphatic carbocycles. The Hall–Kier alpha value is -6.06. The van der Waals surface area contributed by atoms with Gasteiger partial charge < -0.3 is 14.7 Å². The summed E-state index contributed by atoms with van der Waals surface area (Å²) in [5, 5.41) is 0. The fourth-order valence-electron chi connectivity index (χ4n) is 7.66. The lowest BCUT2D eigenvalue weighted by molar-refractivity contribution is 0.986. The van der Waals surface area contributed by atoms with Crippen molar-refractivity contribution in [1.29, 1.82) is 0 Å². The molecule has 2 aliphatic rings. The van der Waals surface area contributed by atoms with E-state index in [4.69, 9.17) is 0 Å². The lowest BCUT2D eigenvalue weighted by atomic mass is 9.88. The van der Waals surface area contributed by atoms with Crippen LogP contribution in [0.3, 0.4) is 0 Å². The van der Waals surface area contributed by atoms with Crippen LogP contribution in [0.5, 0.6) is 0 Å². The first-order chi connectivity index (χ1) is 26.2. The van der Waals surface area contributed by atoms with E-state index in [-0.39, 0.29) is 0 Å². The van der Waals surface area contributed by atoms with Crippen LogP contribution in [-0.4, -0.2) is 0 Å². The van der Waals surface area contributed by atoms with E-state index in [9.17, 15) is 0 Å². The van der Waals surface area contributed by atoms with Gasteiger partial charge in [0.25, 0.3) is 0 Å². The first kappa shape index (κ1) is 35.3. The summed E-state index contributed by atoms with van der Waals surface area (Å²) in [5.74, 6) is 0. The average molecular weight is 692 g/mol. The number of para-hydroxylation sites is 4. The number of allylic oxidation sites excluding steroid dienone is 10. The Kier molecular flexibility index (Phi) is 11.3. The molecule has 0 unspecified atom stereocenters. The van der Waals surface area contributed by atoms with E-state index in [0.717, 1.165) is 66.2 Å². The number of hydrogen-bond donors (Lipinski definition) is 0. The zero-order valence-corrected chi connectivity index (χ0v) is 31.2. The maximum absolute atomic E-state index is 2.52. The number of anilines is 7. The van der Waals surface area contributed by atoms with Gasteiger partial charge in [0.1, 0.15) is 0 Å². The Labute approximate surface area is 316 Å². The Balaban J connectivity index is 1.70. The lowest BCUT2D eigenvalue weighted by Crippen LogP contribution is -2.26. The van der Waals surface area contributed by atoms with Crippen LogP contribution in [-0.2, 0) is 19.3 Å². The third-order valence-electron chi connectivity index (χ3n) is 9.95. The monoisotopic (exact) mass is 691 g/mol. The van der Waals surface area contributed by atoms with Gasteiger partial charge in [-0.05, 0) is 105 Å². The topological polar surface area (TPSA) is 9.72 Å². The smallest absolute Gasteiger partial charge is 0.0567 e. The van der Waals surface area contributed by atoms with E-state index in [0.29, 0.717) is 0 Å². The fourth-order valence-corrected chi connectivity index (χ4v) is 7.66. The molecule has 0 aromatic heterocycles. The van der Waals surface area contributed by atoms with Crippen LogP contribution in [0.15, 0.2) is 193 Å². The second-order valence-corrected chi connectivity index (χ2v) is 13.2. The van der Waals surface area contributed by atoms with E-state index in [1.807, 2.05) is 0 Å². The van der Waals surface area contributed by atoms with Gasteiger partial charge in [-0.25, -0.2) is 0 Å². The first-order valence-corrected chi connectivity index (χ1v) is 19.1. The van der Waals surface area contributed by atoms with Gasteiger partial charge in [0.15, 0.2) is 0 Å². The summed E-state index contributed by atoms with van der Waals surface area (Å²) >= 11 is 0. The van der Waals surface area contributed by atoms with E-state index in [1.165, 1.54) is 33.8 Å². The van der Waals surface area contributed by atoms with Gasteiger partial charge in [-0.2, -0.15) is 0 Å². The molecule has 0 fully saturated rings. The zero-order chi connectivity index (χ0) is 36.4. The summed E-state index contributed by atoms with van der Waals surface area (Å²) in [6.07, 6.45) is 26.9. The highest BCUT2D eigenvalue weighted by atomic mass is 15.2. The van der Waals surface area contributed by atoms with Crippen LogP contribution in [0.1, 0.15) is 50.3 Å². The Morgan fingerprint density at radius 3 is 1.00 bits per heavy atom. The molecular weight excluding hydrogens is 643 g/mol. The highest BCUT2D eigenvalue weighted by Gasteiger charge is 2.33. The van der Waals surface area contributed by atoms with Crippen molar-refractivity contribution in [3.05, 3.63) is 210 Å². The van der Waals surface area contributed by atoms with Crippen molar-refractivity contribution in [2.24, 2.45) is 0 Å². The fraction of sp³-hybridized carbons (Fsp3) is 0.160. The maximum Gasteiger partial charge on any atom is 0.0567 e. The first-order valence-electron chi connectivity index (χ1n) is 19.1. The molecule has 0 heterocycles. The lowest BCUT2D eigenvalue weighted by Gasteiger charge is -2.40.